The van der Waals surface area contributed by atoms with Crippen LogP contribution in [0, 0.1) is 0 Å². The molecular weight excluding hydrogens is 146 g/mol. The van der Waals surface area contributed by atoms with Crippen LogP contribution < -0.4 is 0 Å². The van der Waals surface area contributed by atoms with E-state index < -0.39 is 0 Å². The Hall–Kier alpha value is -1.37. The van der Waals surface area contributed by atoms with Crippen LogP contribution in [0.3, 0.4) is 0 Å². The van der Waals surface area contributed by atoms with Crippen LogP contribution in [0.1, 0.15) is 19.4 Å². The second kappa shape index (κ2) is 4.50. The van der Waals surface area contributed by atoms with E-state index in [9.17, 15) is 0 Å². The van der Waals surface area contributed by atoms with Gasteiger partial charge in [0, 0.05) is 12.4 Å². The van der Waals surface area contributed by atoms with E-state index in [2.05, 4.69) is 4.99 Å². The monoisotopic (exact) mass is 159 g/mol. The molecule has 62 valence electrons. The molecule has 0 heterocycles. The minimum atomic E-state index is 1.13. The summed E-state index contributed by atoms with van der Waals surface area (Å²) in [5, 5.41) is 0. The lowest BCUT2D eigenvalue weighted by Gasteiger charge is -1.88. The molecule has 1 rings (SSSR count). The predicted octanol–water partition coefficient (Wildman–Crippen LogP) is 3.03. The molecule has 0 aliphatic rings. The van der Waals surface area contributed by atoms with E-state index in [4.69, 9.17) is 0 Å². The first kappa shape index (κ1) is 8.72. The molecule has 0 fully saturated rings. The van der Waals surface area contributed by atoms with Crippen LogP contribution in [-0.2, 0) is 0 Å². The van der Waals surface area contributed by atoms with Gasteiger partial charge >= 0.3 is 0 Å². The molecule has 0 radical (unpaired) electrons. The predicted molar refractivity (Wildman–Crippen MR) is 53.5 cm³/mol. The minimum absolute atomic E-state index is 1.13. The third kappa shape index (κ3) is 3.15. The number of allylic oxidation sites excluding steroid dienone is 1. The van der Waals surface area contributed by atoms with Crippen LogP contribution in [0.15, 0.2) is 47.1 Å². The summed E-state index contributed by atoms with van der Waals surface area (Å²) in [7, 11) is 0. The minimum Gasteiger partial charge on any atom is -0.264 e. The Morgan fingerprint density at radius 3 is 2.42 bits per heavy atom. The molecule has 1 aromatic rings. The van der Waals surface area contributed by atoms with Gasteiger partial charge in [-0.25, -0.2) is 0 Å². The maximum atomic E-state index is 4.15. The molecule has 0 saturated heterocycles. The average Bonchev–Trinajstić information content (AvgIpc) is 2.05. The summed E-state index contributed by atoms with van der Waals surface area (Å²) < 4.78 is 0. The first-order chi connectivity index (χ1) is 5.79. The summed E-state index contributed by atoms with van der Waals surface area (Å²) in [6.07, 6.45) is 3.71. The van der Waals surface area contributed by atoms with Crippen molar-refractivity contribution in [3.8, 4) is 0 Å². The third-order valence-electron chi connectivity index (χ3n) is 1.36. The number of aliphatic imine (C=N–C) groups is 1. The summed E-state index contributed by atoms with van der Waals surface area (Å²) in [5.41, 5.74) is 2.34. The van der Waals surface area contributed by atoms with E-state index in [-0.39, 0.29) is 0 Å². The summed E-state index contributed by atoms with van der Waals surface area (Å²) in [4.78, 5) is 4.15. The Morgan fingerprint density at radius 1 is 1.17 bits per heavy atom. The molecule has 0 N–H and O–H groups in total. The number of rotatable bonds is 2. The average molecular weight is 159 g/mol. The van der Waals surface area contributed by atoms with E-state index in [1.54, 1.807) is 0 Å². The van der Waals surface area contributed by atoms with Crippen molar-refractivity contribution in [2.24, 2.45) is 4.99 Å². The molecule has 0 saturated carbocycles. The van der Waals surface area contributed by atoms with Gasteiger partial charge in [0.05, 0.1) is 0 Å². The molecule has 0 aromatic heterocycles. The lowest BCUT2D eigenvalue weighted by atomic mass is 10.2. The quantitative estimate of drug-likeness (QED) is 0.588. The SMILES string of the molecule is CC(C)=CN=Cc1ccccc1. The molecule has 12 heavy (non-hydrogen) atoms. The Bertz CT molecular complexity index is 279. The van der Waals surface area contributed by atoms with E-state index in [0.29, 0.717) is 0 Å². The van der Waals surface area contributed by atoms with Crippen molar-refractivity contribution in [3.63, 3.8) is 0 Å². The van der Waals surface area contributed by atoms with Crippen molar-refractivity contribution < 1.29 is 0 Å². The largest absolute Gasteiger partial charge is 0.264 e. The fraction of sp³-hybridized carbons (Fsp3) is 0.182. The molecule has 0 amide bonds. The summed E-state index contributed by atoms with van der Waals surface area (Å²) in [6, 6.07) is 10.1. The van der Waals surface area contributed by atoms with Gasteiger partial charge in [0.2, 0.25) is 0 Å². The van der Waals surface area contributed by atoms with E-state index in [1.165, 1.54) is 5.57 Å². The zero-order chi connectivity index (χ0) is 8.81. The summed E-state index contributed by atoms with van der Waals surface area (Å²) in [6.45, 7) is 4.06. The number of benzene rings is 1. The van der Waals surface area contributed by atoms with Gasteiger partial charge in [0.25, 0.3) is 0 Å². The molecule has 0 spiro atoms. The molecule has 1 heteroatoms. The fourth-order valence-corrected chi connectivity index (χ4v) is 0.812. The van der Waals surface area contributed by atoms with E-state index >= 15 is 0 Å². The Balaban J connectivity index is 2.64. The Morgan fingerprint density at radius 2 is 1.83 bits per heavy atom. The van der Waals surface area contributed by atoms with Crippen molar-refractivity contribution in [2.45, 2.75) is 13.8 Å². The standard InChI is InChI=1S/C11H13N/c1-10(2)8-12-9-11-6-4-3-5-7-11/h3-9H,1-2H3. The first-order valence-corrected chi connectivity index (χ1v) is 4.00. The van der Waals surface area contributed by atoms with Crippen LogP contribution in [0.5, 0.6) is 0 Å². The highest BCUT2D eigenvalue weighted by molar-refractivity contribution is 5.79. The maximum absolute atomic E-state index is 4.15. The number of nitrogens with zero attached hydrogens (tertiary/aromatic N) is 1. The number of hydrogen-bond donors (Lipinski definition) is 0. The zero-order valence-electron chi connectivity index (χ0n) is 7.49. The Kier molecular flexibility index (Phi) is 3.27. The molecule has 0 atom stereocenters. The second-order valence-corrected chi connectivity index (χ2v) is 2.90. The summed E-state index contributed by atoms with van der Waals surface area (Å²) >= 11 is 0. The van der Waals surface area contributed by atoms with Crippen LogP contribution >= 0.6 is 0 Å². The van der Waals surface area contributed by atoms with Gasteiger partial charge < -0.3 is 0 Å². The zero-order valence-corrected chi connectivity index (χ0v) is 7.49. The fourth-order valence-electron chi connectivity index (χ4n) is 0.812. The lowest BCUT2D eigenvalue weighted by Crippen LogP contribution is -1.76. The van der Waals surface area contributed by atoms with E-state index in [1.807, 2.05) is 56.6 Å². The highest BCUT2D eigenvalue weighted by Crippen LogP contribution is 1.95. The van der Waals surface area contributed by atoms with Gasteiger partial charge in [-0.05, 0) is 19.4 Å². The van der Waals surface area contributed by atoms with Crippen molar-refractivity contribution >= 4 is 6.21 Å². The molecule has 0 aliphatic carbocycles. The lowest BCUT2D eigenvalue weighted by molar-refractivity contribution is 1.34. The van der Waals surface area contributed by atoms with Crippen molar-refractivity contribution in [1.29, 1.82) is 0 Å². The normalized spacial score (nSPS) is 10.2. The molecule has 0 unspecified atom stereocenters. The molecule has 1 aromatic carbocycles. The maximum Gasteiger partial charge on any atom is 0.0340 e. The van der Waals surface area contributed by atoms with Gasteiger partial charge in [0.1, 0.15) is 0 Å². The van der Waals surface area contributed by atoms with Crippen LogP contribution in [0.25, 0.3) is 0 Å². The van der Waals surface area contributed by atoms with Crippen LogP contribution in [-0.4, -0.2) is 6.21 Å². The smallest absolute Gasteiger partial charge is 0.0340 e. The van der Waals surface area contributed by atoms with Gasteiger partial charge in [-0.15, -0.1) is 0 Å². The van der Waals surface area contributed by atoms with Gasteiger partial charge in [-0.2, -0.15) is 0 Å². The molecule has 0 aliphatic heterocycles. The number of hydrogen-bond acceptors (Lipinski definition) is 1. The van der Waals surface area contributed by atoms with Gasteiger partial charge in [-0.1, -0.05) is 35.9 Å². The molecule has 0 bridgehead atoms. The third-order valence-corrected chi connectivity index (χ3v) is 1.36. The van der Waals surface area contributed by atoms with E-state index in [0.717, 1.165) is 5.56 Å². The summed E-state index contributed by atoms with van der Waals surface area (Å²) in [5.74, 6) is 0. The highest BCUT2D eigenvalue weighted by Gasteiger charge is 1.80. The van der Waals surface area contributed by atoms with Gasteiger partial charge in [-0.3, -0.25) is 4.99 Å². The van der Waals surface area contributed by atoms with Gasteiger partial charge in [0.15, 0.2) is 0 Å². The van der Waals surface area contributed by atoms with Crippen molar-refractivity contribution in [3.05, 3.63) is 47.7 Å². The van der Waals surface area contributed by atoms with Crippen LogP contribution in [0.2, 0.25) is 0 Å². The molecular formula is C11H13N. The van der Waals surface area contributed by atoms with Crippen molar-refractivity contribution in [2.75, 3.05) is 0 Å². The molecule has 1 nitrogen and oxygen atoms in total. The van der Waals surface area contributed by atoms with Crippen LogP contribution in [0.4, 0.5) is 0 Å². The van der Waals surface area contributed by atoms with Crippen molar-refractivity contribution in [1.82, 2.24) is 0 Å². The topological polar surface area (TPSA) is 12.4 Å². The second-order valence-electron chi connectivity index (χ2n) is 2.90. The first-order valence-electron chi connectivity index (χ1n) is 4.00. The highest BCUT2D eigenvalue weighted by atomic mass is 14.7. The Labute approximate surface area is 73.5 Å².